The van der Waals surface area contributed by atoms with E-state index in [1.54, 1.807) is 0 Å². The molecule has 15 heavy (non-hydrogen) atoms. The molecule has 0 bridgehead atoms. The first-order chi connectivity index (χ1) is 7.27. The van der Waals surface area contributed by atoms with Crippen molar-refractivity contribution in [3.8, 4) is 0 Å². The Kier molecular flexibility index (Phi) is 1.88. The first-order valence-corrected chi connectivity index (χ1v) is 5.77. The molecule has 1 heterocycles. The number of hydrogen-bond donors (Lipinski definition) is 0. The van der Waals surface area contributed by atoms with E-state index < -0.39 is 0 Å². The fourth-order valence-electron chi connectivity index (χ4n) is 2.15. The van der Waals surface area contributed by atoms with E-state index in [2.05, 4.69) is 70.1 Å². The van der Waals surface area contributed by atoms with Gasteiger partial charge in [-0.2, -0.15) is 0 Å². The van der Waals surface area contributed by atoms with Gasteiger partial charge in [-0.25, -0.2) is 0 Å². The Labute approximate surface area is 96.5 Å². The Morgan fingerprint density at radius 3 is 2.53 bits per heavy atom. The molecule has 0 fully saturated rings. The molecule has 0 saturated heterocycles. The monoisotopic (exact) mass is 260 g/mol. The molecule has 3 aromatic rings. The summed E-state index contributed by atoms with van der Waals surface area (Å²) in [5, 5.41) is 2.65. The zero-order valence-corrected chi connectivity index (χ0v) is 10.1. The van der Waals surface area contributed by atoms with E-state index in [4.69, 9.17) is 0 Å². The summed E-state index contributed by atoms with van der Waals surface area (Å²) in [5.41, 5.74) is 2.58. The van der Waals surface area contributed by atoms with Crippen molar-refractivity contribution < 1.29 is 0 Å². The topological polar surface area (TPSA) is 4.93 Å². The maximum absolute atomic E-state index is 3.06. The third kappa shape index (κ3) is 1.22. The van der Waals surface area contributed by atoms with Crippen LogP contribution in [0.1, 0.15) is 0 Å². The van der Waals surface area contributed by atoms with Crippen LogP contribution in [0.3, 0.4) is 0 Å². The van der Waals surface area contributed by atoms with Gasteiger partial charge in [0.05, 0.1) is 0 Å². The average molecular weight is 259 g/mol. The van der Waals surface area contributed by atoms with Gasteiger partial charge in [-0.05, 0) is 0 Å². The van der Waals surface area contributed by atoms with Gasteiger partial charge < -0.3 is 0 Å². The average Bonchev–Trinajstić information content (AvgIpc) is 2.54. The van der Waals surface area contributed by atoms with Crippen molar-refractivity contribution in [2.75, 3.05) is 0 Å². The van der Waals surface area contributed by atoms with Crippen LogP contribution in [0.25, 0.3) is 21.8 Å². The molecule has 2 aromatic carbocycles. The Morgan fingerprint density at radius 2 is 1.67 bits per heavy atom. The van der Waals surface area contributed by atoms with Crippen LogP contribution in [0.5, 0.6) is 0 Å². The molecule has 0 N–H and O–H groups in total. The molecule has 73 valence electrons. The second-order valence-electron chi connectivity index (χ2n) is 3.76. The molecule has 1 aromatic heterocycles. The van der Waals surface area contributed by atoms with Gasteiger partial charge in [0.1, 0.15) is 0 Å². The van der Waals surface area contributed by atoms with E-state index in [1.807, 2.05) is 0 Å². The van der Waals surface area contributed by atoms with Gasteiger partial charge in [0, 0.05) is 0 Å². The summed E-state index contributed by atoms with van der Waals surface area (Å²) in [4.78, 5) is 0. The molecule has 0 atom stereocenters. The standard InChI is InChI=1S/C13H10NSe/c1-14-12-5-3-2-4-10(12)11-8-9(15)6-7-13(11)14/h2-8H,1H3. The van der Waals surface area contributed by atoms with E-state index in [9.17, 15) is 0 Å². The number of aromatic nitrogens is 1. The Hall–Kier alpha value is -1.24. The predicted molar refractivity (Wildman–Crippen MR) is 65.8 cm³/mol. The summed E-state index contributed by atoms with van der Waals surface area (Å²) in [5.74, 6) is 0. The van der Waals surface area contributed by atoms with Gasteiger partial charge in [0.15, 0.2) is 0 Å². The van der Waals surface area contributed by atoms with Crippen molar-refractivity contribution in [1.82, 2.24) is 4.57 Å². The SMILES string of the molecule is Cn1c2ccccc2c2cc([Se])ccc21. The van der Waals surface area contributed by atoms with Crippen LogP contribution < -0.4 is 4.46 Å². The zero-order valence-electron chi connectivity index (χ0n) is 8.40. The van der Waals surface area contributed by atoms with E-state index >= 15 is 0 Å². The van der Waals surface area contributed by atoms with Crippen molar-refractivity contribution in [3.05, 3.63) is 42.5 Å². The molecular formula is C13H10NSe. The van der Waals surface area contributed by atoms with E-state index in [0.29, 0.717) is 0 Å². The number of benzene rings is 2. The molecule has 0 amide bonds. The molecule has 3 rings (SSSR count). The number of nitrogens with zero attached hydrogens (tertiary/aromatic N) is 1. The second kappa shape index (κ2) is 3.13. The van der Waals surface area contributed by atoms with Crippen molar-refractivity contribution in [2.45, 2.75) is 0 Å². The summed E-state index contributed by atoms with van der Waals surface area (Å²) < 4.78 is 3.43. The minimum atomic E-state index is 1.19. The second-order valence-corrected chi connectivity index (χ2v) is 4.74. The zero-order chi connectivity index (χ0) is 10.4. The summed E-state index contributed by atoms with van der Waals surface area (Å²) in [6.45, 7) is 0. The predicted octanol–water partition coefficient (Wildman–Crippen LogP) is 2.13. The molecule has 0 unspecified atom stereocenters. The fourth-order valence-corrected chi connectivity index (χ4v) is 2.54. The molecular weight excluding hydrogens is 249 g/mol. The summed E-state index contributed by atoms with van der Waals surface area (Å²) >= 11 is 3.06. The molecule has 0 saturated carbocycles. The van der Waals surface area contributed by atoms with Gasteiger partial charge in [-0.3, -0.25) is 0 Å². The maximum atomic E-state index is 3.06. The van der Waals surface area contributed by atoms with Crippen molar-refractivity contribution in [2.24, 2.45) is 7.05 Å². The van der Waals surface area contributed by atoms with Crippen LogP contribution in [0.15, 0.2) is 42.5 Å². The van der Waals surface area contributed by atoms with Gasteiger partial charge in [0.25, 0.3) is 0 Å². The quantitative estimate of drug-likeness (QED) is 0.545. The van der Waals surface area contributed by atoms with Crippen LogP contribution in [0.2, 0.25) is 0 Å². The van der Waals surface area contributed by atoms with Gasteiger partial charge in [0.2, 0.25) is 0 Å². The minimum absolute atomic E-state index is 1.19. The molecule has 2 heteroatoms. The third-order valence-electron chi connectivity index (χ3n) is 2.88. The number of aryl methyl sites for hydroxylation is 1. The van der Waals surface area contributed by atoms with Crippen LogP contribution in [0.4, 0.5) is 0 Å². The fraction of sp³-hybridized carbons (Fsp3) is 0.0769. The van der Waals surface area contributed by atoms with Crippen LogP contribution in [-0.2, 0) is 7.05 Å². The summed E-state index contributed by atoms with van der Waals surface area (Å²) in [6, 6.07) is 15.0. The Balaban J connectivity index is 2.64. The molecule has 0 aliphatic heterocycles. The van der Waals surface area contributed by atoms with Gasteiger partial charge in [-0.15, -0.1) is 0 Å². The summed E-state index contributed by atoms with van der Waals surface area (Å²) in [6.07, 6.45) is 0. The Bertz CT molecular complexity index is 652. The summed E-state index contributed by atoms with van der Waals surface area (Å²) in [7, 11) is 2.11. The first kappa shape index (κ1) is 9.02. The molecule has 1 nitrogen and oxygen atoms in total. The normalized spacial score (nSPS) is 11.3. The molecule has 0 aliphatic rings. The van der Waals surface area contributed by atoms with Crippen LogP contribution in [0, 0.1) is 0 Å². The Morgan fingerprint density at radius 1 is 0.933 bits per heavy atom. The van der Waals surface area contributed by atoms with Crippen molar-refractivity contribution >= 4 is 42.3 Å². The van der Waals surface area contributed by atoms with Gasteiger partial charge >= 0.3 is 96.4 Å². The number of fused-ring (bicyclic) bond motifs is 3. The van der Waals surface area contributed by atoms with E-state index in [-0.39, 0.29) is 0 Å². The number of rotatable bonds is 0. The van der Waals surface area contributed by atoms with Gasteiger partial charge in [-0.1, -0.05) is 0 Å². The molecule has 0 spiro atoms. The van der Waals surface area contributed by atoms with Crippen LogP contribution in [-0.4, -0.2) is 20.6 Å². The molecule has 0 aliphatic carbocycles. The van der Waals surface area contributed by atoms with E-state index in [1.165, 1.54) is 26.3 Å². The van der Waals surface area contributed by atoms with Crippen LogP contribution >= 0.6 is 0 Å². The van der Waals surface area contributed by atoms with E-state index in [0.717, 1.165) is 0 Å². The number of hydrogen-bond acceptors (Lipinski definition) is 0. The first-order valence-electron chi connectivity index (χ1n) is 4.91. The van der Waals surface area contributed by atoms with Crippen molar-refractivity contribution in [3.63, 3.8) is 0 Å². The number of para-hydroxylation sites is 1. The molecule has 1 radical (unpaired) electrons. The third-order valence-corrected chi connectivity index (χ3v) is 3.42. The van der Waals surface area contributed by atoms with Crippen molar-refractivity contribution in [1.29, 1.82) is 0 Å².